The van der Waals surface area contributed by atoms with Crippen molar-refractivity contribution in [1.29, 1.82) is 0 Å². The van der Waals surface area contributed by atoms with Crippen molar-refractivity contribution in [3.63, 3.8) is 0 Å². The van der Waals surface area contributed by atoms with Gasteiger partial charge in [-0.25, -0.2) is 15.0 Å². The number of amides is 1. The average molecular weight is 463 g/mol. The smallest absolute Gasteiger partial charge is 0.217 e. The summed E-state index contributed by atoms with van der Waals surface area (Å²) in [6.45, 7) is 1.73. The van der Waals surface area contributed by atoms with Crippen molar-refractivity contribution in [3.8, 4) is 17.1 Å². The molecule has 1 saturated heterocycles. The Morgan fingerprint density at radius 3 is 2.79 bits per heavy atom. The van der Waals surface area contributed by atoms with Crippen LogP contribution in [0, 0.1) is 5.92 Å². The first kappa shape index (κ1) is 21.2. The molecule has 3 N–H and O–H groups in total. The number of hydrogen-bond donors (Lipinski definition) is 2. The van der Waals surface area contributed by atoms with E-state index in [1.165, 1.54) is 0 Å². The van der Waals surface area contributed by atoms with Gasteiger partial charge in [0.15, 0.2) is 17.3 Å². The summed E-state index contributed by atoms with van der Waals surface area (Å²) in [6.07, 6.45) is 1.26. The SMILES string of the molecule is NC(=O)CC1CCN(c2nc(-c3ccccc3)nc3nc(COc4cccc(Cl)c4)[nH]c23)C1. The van der Waals surface area contributed by atoms with Gasteiger partial charge in [-0.05, 0) is 30.5 Å². The van der Waals surface area contributed by atoms with Crippen molar-refractivity contribution < 1.29 is 9.53 Å². The minimum absolute atomic E-state index is 0.209. The van der Waals surface area contributed by atoms with Crippen molar-refractivity contribution >= 4 is 34.5 Å². The van der Waals surface area contributed by atoms with Crippen LogP contribution in [0.25, 0.3) is 22.6 Å². The molecule has 0 spiro atoms. The van der Waals surface area contributed by atoms with E-state index in [2.05, 4.69) is 14.9 Å². The van der Waals surface area contributed by atoms with Gasteiger partial charge in [0.2, 0.25) is 5.91 Å². The number of anilines is 1. The van der Waals surface area contributed by atoms with Crippen LogP contribution in [-0.4, -0.2) is 38.9 Å². The lowest BCUT2D eigenvalue weighted by molar-refractivity contribution is -0.118. The average Bonchev–Trinajstić information content (AvgIpc) is 3.44. The van der Waals surface area contributed by atoms with E-state index in [0.29, 0.717) is 41.0 Å². The Labute approximate surface area is 195 Å². The number of fused-ring (bicyclic) bond motifs is 1. The summed E-state index contributed by atoms with van der Waals surface area (Å²) in [5.74, 6) is 2.60. The molecule has 5 rings (SSSR count). The molecule has 33 heavy (non-hydrogen) atoms. The molecule has 0 saturated carbocycles. The molecule has 1 aliphatic rings. The number of carbonyl (C=O) groups excluding carboxylic acids is 1. The number of nitrogens with one attached hydrogen (secondary N) is 1. The Bertz CT molecular complexity index is 1290. The van der Waals surface area contributed by atoms with Gasteiger partial charge >= 0.3 is 0 Å². The van der Waals surface area contributed by atoms with Crippen LogP contribution in [-0.2, 0) is 11.4 Å². The molecule has 3 heterocycles. The van der Waals surface area contributed by atoms with Crippen molar-refractivity contribution in [2.24, 2.45) is 11.7 Å². The number of halogens is 1. The maximum Gasteiger partial charge on any atom is 0.217 e. The zero-order valence-electron chi connectivity index (χ0n) is 17.9. The van der Waals surface area contributed by atoms with Crippen LogP contribution in [0.4, 0.5) is 5.82 Å². The number of hydrogen-bond acceptors (Lipinski definition) is 6. The number of aromatic nitrogens is 4. The van der Waals surface area contributed by atoms with Crippen molar-refractivity contribution in [1.82, 2.24) is 19.9 Å². The number of H-pyrrole nitrogens is 1. The van der Waals surface area contributed by atoms with E-state index in [-0.39, 0.29) is 18.4 Å². The molecule has 0 aliphatic carbocycles. The van der Waals surface area contributed by atoms with Crippen LogP contribution >= 0.6 is 11.6 Å². The highest BCUT2D eigenvalue weighted by Crippen LogP contribution is 2.31. The standard InChI is InChI=1S/C24H23ClN6O2/c25-17-7-4-8-18(12-17)33-14-20-27-21-23(28-20)29-22(16-5-2-1-3-6-16)30-24(21)31-10-9-15(13-31)11-19(26)32/h1-8,12,15H,9-11,13-14H2,(H2,26,32)(H,27,28,29,30). The fourth-order valence-corrected chi connectivity index (χ4v) is 4.31. The highest BCUT2D eigenvalue weighted by atomic mass is 35.5. The van der Waals surface area contributed by atoms with Gasteiger partial charge in [-0.2, -0.15) is 0 Å². The van der Waals surface area contributed by atoms with E-state index in [9.17, 15) is 4.79 Å². The molecule has 4 aromatic rings. The number of imidazole rings is 1. The lowest BCUT2D eigenvalue weighted by atomic mass is 10.1. The minimum Gasteiger partial charge on any atom is -0.486 e. The number of ether oxygens (including phenoxy) is 1. The van der Waals surface area contributed by atoms with Gasteiger partial charge in [-0.1, -0.05) is 48.0 Å². The fourth-order valence-electron chi connectivity index (χ4n) is 4.13. The molecule has 1 unspecified atom stereocenters. The van der Waals surface area contributed by atoms with E-state index in [1.807, 2.05) is 42.5 Å². The largest absolute Gasteiger partial charge is 0.486 e. The van der Waals surface area contributed by atoms with E-state index in [0.717, 1.165) is 29.9 Å². The summed E-state index contributed by atoms with van der Waals surface area (Å²) in [4.78, 5) is 31.2. The van der Waals surface area contributed by atoms with Crippen LogP contribution in [0.15, 0.2) is 54.6 Å². The molecule has 2 aromatic heterocycles. The second kappa shape index (κ2) is 9.07. The second-order valence-electron chi connectivity index (χ2n) is 8.14. The summed E-state index contributed by atoms with van der Waals surface area (Å²) in [6, 6.07) is 17.0. The molecular formula is C24H23ClN6O2. The predicted octanol–water partition coefficient (Wildman–Crippen LogP) is 3.95. The molecule has 1 amide bonds. The van der Waals surface area contributed by atoms with E-state index in [4.69, 9.17) is 32.0 Å². The predicted molar refractivity (Wildman–Crippen MR) is 127 cm³/mol. The Balaban J connectivity index is 1.48. The Kier molecular flexibility index (Phi) is 5.83. The quantitative estimate of drug-likeness (QED) is 0.430. The third-order valence-electron chi connectivity index (χ3n) is 5.66. The summed E-state index contributed by atoms with van der Waals surface area (Å²) >= 11 is 6.05. The van der Waals surface area contributed by atoms with Crippen molar-refractivity contribution in [3.05, 3.63) is 65.4 Å². The zero-order chi connectivity index (χ0) is 22.8. The van der Waals surface area contributed by atoms with E-state index >= 15 is 0 Å². The van der Waals surface area contributed by atoms with Crippen LogP contribution < -0.4 is 15.4 Å². The Morgan fingerprint density at radius 1 is 1.15 bits per heavy atom. The van der Waals surface area contributed by atoms with Gasteiger partial charge in [0, 0.05) is 30.1 Å². The van der Waals surface area contributed by atoms with Crippen LogP contribution in [0.3, 0.4) is 0 Å². The molecule has 1 atom stereocenters. The summed E-state index contributed by atoms with van der Waals surface area (Å²) in [7, 11) is 0. The third-order valence-corrected chi connectivity index (χ3v) is 5.89. The topological polar surface area (TPSA) is 110 Å². The van der Waals surface area contributed by atoms with Gasteiger partial charge in [0.1, 0.15) is 23.7 Å². The molecule has 168 valence electrons. The number of rotatable bonds is 7. The Hall–Kier alpha value is -3.65. The molecule has 2 aromatic carbocycles. The maximum absolute atomic E-state index is 11.4. The molecule has 8 nitrogen and oxygen atoms in total. The molecule has 9 heteroatoms. The third kappa shape index (κ3) is 4.75. The maximum atomic E-state index is 11.4. The van der Waals surface area contributed by atoms with Gasteiger partial charge in [0.05, 0.1) is 0 Å². The summed E-state index contributed by atoms with van der Waals surface area (Å²) < 4.78 is 5.85. The van der Waals surface area contributed by atoms with Crippen molar-refractivity contribution in [2.75, 3.05) is 18.0 Å². The first-order chi connectivity index (χ1) is 16.0. The molecule has 1 fully saturated rings. The first-order valence-electron chi connectivity index (χ1n) is 10.8. The molecular weight excluding hydrogens is 440 g/mol. The Morgan fingerprint density at radius 2 is 2.00 bits per heavy atom. The minimum atomic E-state index is -0.276. The molecule has 0 bridgehead atoms. The monoisotopic (exact) mass is 462 g/mol. The number of aromatic amines is 1. The second-order valence-corrected chi connectivity index (χ2v) is 8.57. The highest BCUT2D eigenvalue weighted by Gasteiger charge is 2.28. The number of nitrogens with two attached hydrogens (primary N) is 1. The number of benzene rings is 2. The van der Waals surface area contributed by atoms with E-state index in [1.54, 1.807) is 12.1 Å². The van der Waals surface area contributed by atoms with Gasteiger partial charge in [0.25, 0.3) is 0 Å². The summed E-state index contributed by atoms with van der Waals surface area (Å²) in [5.41, 5.74) is 7.65. The van der Waals surface area contributed by atoms with Crippen LogP contribution in [0.5, 0.6) is 5.75 Å². The molecule has 0 radical (unpaired) electrons. The van der Waals surface area contributed by atoms with Crippen LogP contribution in [0.1, 0.15) is 18.7 Å². The van der Waals surface area contributed by atoms with E-state index < -0.39 is 0 Å². The number of nitrogens with zero attached hydrogens (tertiary/aromatic N) is 4. The highest BCUT2D eigenvalue weighted by molar-refractivity contribution is 6.30. The first-order valence-corrected chi connectivity index (χ1v) is 11.2. The van der Waals surface area contributed by atoms with Crippen LogP contribution in [0.2, 0.25) is 5.02 Å². The lowest BCUT2D eigenvalue weighted by Crippen LogP contribution is -2.23. The lowest BCUT2D eigenvalue weighted by Gasteiger charge is -2.18. The number of primary amides is 1. The zero-order valence-corrected chi connectivity index (χ0v) is 18.6. The summed E-state index contributed by atoms with van der Waals surface area (Å²) in [5, 5.41) is 0.609. The van der Waals surface area contributed by atoms with Gasteiger partial charge < -0.3 is 20.4 Å². The van der Waals surface area contributed by atoms with Crippen molar-refractivity contribution in [2.45, 2.75) is 19.4 Å². The fraction of sp³-hybridized carbons (Fsp3) is 0.250. The van der Waals surface area contributed by atoms with Gasteiger partial charge in [-0.15, -0.1) is 0 Å². The normalized spacial score (nSPS) is 15.8. The van der Waals surface area contributed by atoms with Gasteiger partial charge in [-0.3, -0.25) is 4.79 Å². The number of carbonyl (C=O) groups is 1. The molecule has 1 aliphatic heterocycles.